The summed E-state index contributed by atoms with van der Waals surface area (Å²) in [5, 5.41) is 2.14. The molecule has 1 aliphatic heterocycles. The van der Waals surface area contributed by atoms with Gasteiger partial charge in [0.1, 0.15) is 5.82 Å². The number of anilines is 1. The van der Waals surface area contributed by atoms with E-state index in [2.05, 4.69) is 5.32 Å². The number of benzene rings is 1. The number of piperidine rings is 1. The number of hydrogen-bond donors (Lipinski definition) is 2. The maximum absolute atomic E-state index is 13.7. The Kier molecular flexibility index (Phi) is 5.00. The molecule has 24 heavy (non-hydrogen) atoms. The summed E-state index contributed by atoms with van der Waals surface area (Å²) in [6.45, 7) is 1.78. The second-order valence-corrected chi connectivity index (χ2v) is 5.80. The first kappa shape index (κ1) is 18.0. The molecule has 0 aromatic heterocycles. The minimum absolute atomic E-state index is 0.0446. The van der Waals surface area contributed by atoms with Crippen molar-refractivity contribution in [1.82, 2.24) is 4.90 Å². The molecule has 132 valence electrons. The molecule has 0 radical (unpaired) electrons. The maximum atomic E-state index is 13.7. The summed E-state index contributed by atoms with van der Waals surface area (Å²) >= 11 is 0. The molecule has 1 saturated heterocycles. The van der Waals surface area contributed by atoms with Crippen LogP contribution in [0.25, 0.3) is 0 Å². The molecule has 2 atom stereocenters. The lowest BCUT2D eigenvalue weighted by Gasteiger charge is -2.36. The number of carbonyl (C=O) groups excluding carboxylic acids is 2. The van der Waals surface area contributed by atoms with Gasteiger partial charge in [0.2, 0.25) is 5.91 Å². The Hall–Kier alpha value is -2.32. The van der Waals surface area contributed by atoms with Crippen molar-refractivity contribution in [2.24, 2.45) is 11.7 Å². The number of alkyl halides is 3. The Morgan fingerprint density at radius 1 is 1.29 bits per heavy atom. The topological polar surface area (TPSA) is 75.4 Å². The van der Waals surface area contributed by atoms with Crippen LogP contribution in [0.1, 0.15) is 25.3 Å². The number of nitrogens with zero attached hydrogens (tertiary/aromatic N) is 1. The largest absolute Gasteiger partial charge is 0.416 e. The Morgan fingerprint density at radius 3 is 2.54 bits per heavy atom. The minimum atomic E-state index is -4.65. The van der Waals surface area contributed by atoms with Crippen molar-refractivity contribution in [2.75, 3.05) is 11.9 Å². The Morgan fingerprint density at radius 2 is 1.96 bits per heavy atom. The third-order valence-corrected chi connectivity index (χ3v) is 4.08. The summed E-state index contributed by atoms with van der Waals surface area (Å²) in [6, 6.07) is 0.760. The van der Waals surface area contributed by atoms with Crippen LogP contribution in [0.15, 0.2) is 18.2 Å². The SMILES string of the molecule is CC1CCC(C(N)=O)CN1C(=O)Nc1cc(C(F)(F)F)ccc1F. The molecular formula is C15H17F4N3O2. The summed E-state index contributed by atoms with van der Waals surface area (Å²) in [7, 11) is 0. The van der Waals surface area contributed by atoms with Gasteiger partial charge in [0.25, 0.3) is 0 Å². The van der Waals surface area contributed by atoms with Gasteiger partial charge in [0, 0.05) is 12.6 Å². The van der Waals surface area contributed by atoms with Crippen LogP contribution < -0.4 is 11.1 Å². The fourth-order valence-electron chi connectivity index (χ4n) is 2.61. The van der Waals surface area contributed by atoms with E-state index >= 15 is 0 Å². The highest BCUT2D eigenvalue weighted by Crippen LogP contribution is 2.32. The van der Waals surface area contributed by atoms with Gasteiger partial charge in [0.05, 0.1) is 17.2 Å². The molecule has 1 aliphatic rings. The van der Waals surface area contributed by atoms with Gasteiger partial charge in [-0.05, 0) is 38.0 Å². The van der Waals surface area contributed by atoms with Crippen LogP contribution >= 0.6 is 0 Å². The van der Waals surface area contributed by atoms with E-state index in [1.807, 2.05) is 0 Å². The molecule has 3 N–H and O–H groups in total. The predicted octanol–water partition coefficient (Wildman–Crippen LogP) is 2.96. The first-order chi connectivity index (χ1) is 11.1. The Bertz CT molecular complexity index is 648. The number of nitrogens with two attached hydrogens (primary N) is 1. The lowest BCUT2D eigenvalue weighted by Crippen LogP contribution is -2.50. The first-order valence-corrected chi connectivity index (χ1v) is 7.33. The second-order valence-electron chi connectivity index (χ2n) is 5.80. The fourth-order valence-corrected chi connectivity index (χ4v) is 2.61. The summed E-state index contributed by atoms with van der Waals surface area (Å²) in [5.74, 6) is -2.06. The van der Waals surface area contributed by atoms with Gasteiger partial charge >= 0.3 is 12.2 Å². The van der Waals surface area contributed by atoms with Crippen molar-refractivity contribution in [3.63, 3.8) is 0 Å². The number of hydrogen-bond acceptors (Lipinski definition) is 2. The van der Waals surface area contributed by atoms with Crippen LogP contribution in [-0.2, 0) is 11.0 Å². The molecule has 0 saturated carbocycles. The van der Waals surface area contributed by atoms with Gasteiger partial charge in [-0.1, -0.05) is 0 Å². The molecule has 2 rings (SSSR count). The third-order valence-electron chi connectivity index (χ3n) is 4.08. The van der Waals surface area contributed by atoms with Crippen LogP contribution in [0.3, 0.4) is 0 Å². The third kappa shape index (κ3) is 3.95. The van der Waals surface area contributed by atoms with E-state index in [1.165, 1.54) is 4.90 Å². The molecule has 0 spiro atoms. The van der Waals surface area contributed by atoms with Gasteiger partial charge < -0.3 is 16.0 Å². The van der Waals surface area contributed by atoms with Gasteiger partial charge in [-0.25, -0.2) is 9.18 Å². The number of carbonyl (C=O) groups is 2. The lowest BCUT2D eigenvalue weighted by molar-refractivity contribution is -0.137. The van der Waals surface area contributed by atoms with E-state index in [0.29, 0.717) is 31.0 Å². The molecular weight excluding hydrogens is 330 g/mol. The van der Waals surface area contributed by atoms with Crippen molar-refractivity contribution in [1.29, 1.82) is 0 Å². The number of amides is 3. The summed E-state index contributed by atoms with van der Waals surface area (Å²) in [6.07, 6.45) is -3.60. The Balaban J connectivity index is 2.18. The highest BCUT2D eigenvalue weighted by molar-refractivity contribution is 5.90. The zero-order valence-electron chi connectivity index (χ0n) is 12.9. The van der Waals surface area contributed by atoms with E-state index in [-0.39, 0.29) is 12.6 Å². The van der Waals surface area contributed by atoms with E-state index in [4.69, 9.17) is 5.73 Å². The summed E-state index contributed by atoms with van der Waals surface area (Å²) < 4.78 is 51.8. The monoisotopic (exact) mass is 347 g/mol. The minimum Gasteiger partial charge on any atom is -0.369 e. The number of rotatable bonds is 2. The standard InChI is InChI=1S/C15H17F4N3O2/c1-8-2-3-9(13(20)23)7-22(8)14(24)21-12-6-10(15(17,18)19)4-5-11(12)16/h4-6,8-9H,2-3,7H2,1H3,(H2,20,23)(H,21,24). The van der Waals surface area contributed by atoms with Gasteiger partial charge in [-0.3, -0.25) is 4.79 Å². The number of urea groups is 1. The summed E-state index contributed by atoms with van der Waals surface area (Å²) in [5.41, 5.74) is 3.60. The van der Waals surface area contributed by atoms with Crippen molar-refractivity contribution in [3.05, 3.63) is 29.6 Å². The van der Waals surface area contributed by atoms with E-state index in [1.54, 1.807) is 6.92 Å². The van der Waals surface area contributed by atoms with Crippen molar-refractivity contribution >= 4 is 17.6 Å². The quantitative estimate of drug-likeness (QED) is 0.807. The highest BCUT2D eigenvalue weighted by atomic mass is 19.4. The van der Waals surface area contributed by atoms with Crippen molar-refractivity contribution < 1.29 is 27.2 Å². The van der Waals surface area contributed by atoms with E-state index < -0.39 is 41.1 Å². The average Bonchev–Trinajstić information content (AvgIpc) is 2.48. The van der Waals surface area contributed by atoms with Crippen LogP contribution in [-0.4, -0.2) is 29.4 Å². The number of halogens is 4. The number of primary amides is 1. The van der Waals surface area contributed by atoms with Gasteiger partial charge in [-0.15, -0.1) is 0 Å². The van der Waals surface area contributed by atoms with Gasteiger partial charge in [-0.2, -0.15) is 13.2 Å². The molecule has 9 heteroatoms. The molecule has 1 fully saturated rings. The van der Waals surface area contributed by atoms with Crippen LogP contribution in [0.5, 0.6) is 0 Å². The van der Waals surface area contributed by atoms with Crippen LogP contribution in [0.2, 0.25) is 0 Å². The normalized spacial score (nSPS) is 21.5. The predicted molar refractivity (Wildman–Crippen MR) is 78.5 cm³/mol. The molecule has 3 amide bonds. The molecule has 1 aromatic carbocycles. The fraction of sp³-hybridized carbons (Fsp3) is 0.467. The second kappa shape index (κ2) is 6.66. The average molecular weight is 347 g/mol. The molecule has 2 unspecified atom stereocenters. The molecule has 1 heterocycles. The van der Waals surface area contributed by atoms with Crippen molar-refractivity contribution in [2.45, 2.75) is 32.0 Å². The number of likely N-dealkylation sites (tertiary alicyclic amines) is 1. The zero-order chi connectivity index (χ0) is 18.1. The Labute approximate surface area is 135 Å². The van der Waals surface area contributed by atoms with E-state index in [0.717, 1.165) is 0 Å². The van der Waals surface area contributed by atoms with E-state index in [9.17, 15) is 27.2 Å². The number of nitrogens with one attached hydrogen (secondary N) is 1. The molecule has 1 aromatic rings. The molecule has 0 aliphatic carbocycles. The first-order valence-electron chi connectivity index (χ1n) is 7.33. The highest BCUT2D eigenvalue weighted by Gasteiger charge is 2.33. The zero-order valence-corrected chi connectivity index (χ0v) is 12.9. The summed E-state index contributed by atoms with van der Waals surface area (Å²) in [4.78, 5) is 24.8. The maximum Gasteiger partial charge on any atom is 0.416 e. The van der Waals surface area contributed by atoms with Crippen LogP contribution in [0.4, 0.5) is 28.0 Å². The lowest BCUT2D eigenvalue weighted by atomic mass is 9.93. The molecule has 0 bridgehead atoms. The van der Waals surface area contributed by atoms with Crippen LogP contribution in [0, 0.1) is 11.7 Å². The van der Waals surface area contributed by atoms with Gasteiger partial charge in [0.15, 0.2) is 0 Å². The molecule has 5 nitrogen and oxygen atoms in total. The smallest absolute Gasteiger partial charge is 0.369 e. The van der Waals surface area contributed by atoms with Crippen molar-refractivity contribution in [3.8, 4) is 0 Å².